The molecule has 2 amide bonds. The van der Waals surface area contributed by atoms with Crippen LogP contribution in [0.25, 0.3) is 0 Å². The number of carbonyl (C=O) groups excluding carboxylic acids is 2. The summed E-state index contributed by atoms with van der Waals surface area (Å²) in [5, 5.41) is 3.46. The molecule has 1 unspecified atom stereocenters. The minimum Gasteiger partial charge on any atom is -0.466 e. The third-order valence-electron chi connectivity index (χ3n) is 4.51. The van der Waals surface area contributed by atoms with E-state index in [0.717, 1.165) is 5.56 Å². The van der Waals surface area contributed by atoms with Gasteiger partial charge in [0, 0.05) is 18.1 Å². The maximum atomic E-state index is 12.9. The molecule has 136 valence electrons. The molecule has 1 atom stereocenters. The highest BCUT2D eigenvalue weighted by Gasteiger charge is 2.50. The maximum absolute atomic E-state index is 12.9. The lowest BCUT2D eigenvalue weighted by atomic mass is 9.99. The Morgan fingerprint density at radius 1 is 1.19 bits per heavy atom. The van der Waals surface area contributed by atoms with Crippen LogP contribution in [0.1, 0.15) is 19.4 Å². The lowest BCUT2D eigenvalue weighted by molar-refractivity contribution is -0.148. The monoisotopic (exact) mass is 372 g/mol. The van der Waals surface area contributed by atoms with Crippen LogP contribution < -0.4 is 15.0 Å². The van der Waals surface area contributed by atoms with Crippen molar-refractivity contribution >= 4 is 29.1 Å². The zero-order valence-corrected chi connectivity index (χ0v) is 15.5. The third kappa shape index (κ3) is 3.27. The van der Waals surface area contributed by atoms with Crippen LogP contribution in [0.4, 0.5) is 5.69 Å². The quantitative estimate of drug-likeness (QED) is 0.820. The minimum absolute atomic E-state index is 0.364. The van der Waals surface area contributed by atoms with Crippen LogP contribution >= 0.6 is 11.6 Å². The number of hydrogen-bond donors (Lipinski definition) is 1. The molecular weight excluding hydrogens is 352 g/mol. The van der Waals surface area contributed by atoms with E-state index in [1.165, 1.54) is 6.92 Å². The van der Waals surface area contributed by atoms with Crippen LogP contribution in [0.2, 0.25) is 5.02 Å². The molecule has 26 heavy (non-hydrogen) atoms. The molecule has 0 aliphatic carbocycles. The first-order chi connectivity index (χ1) is 12.5. The number of fused-ring (bicyclic) bond motifs is 1. The molecule has 0 saturated carbocycles. The second-order valence-electron chi connectivity index (χ2n) is 6.25. The Kier molecular flexibility index (Phi) is 5.18. The average molecular weight is 373 g/mol. The number of nitrogens with one attached hydrogen (secondary N) is 1. The molecule has 5 nitrogen and oxygen atoms in total. The lowest BCUT2D eigenvalue weighted by Crippen LogP contribution is -2.62. The van der Waals surface area contributed by atoms with E-state index in [2.05, 4.69) is 5.32 Å². The van der Waals surface area contributed by atoms with Gasteiger partial charge < -0.3 is 15.0 Å². The van der Waals surface area contributed by atoms with Crippen molar-refractivity contribution in [3.8, 4) is 5.75 Å². The van der Waals surface area contributed by atoms with Crippen LogP contribution in [0.15, 0.2) is 48.5 Å². The smallest absolute Gasteiger partial charge is 0.280 e. The van der Waals surface area contributed by atoms with Crippen molar-refractivity contribution in [2.75, 3.05) is 18.0 Å². The topological polar surface area (TPSA) is 58.6 Å². The van der Waals surface area contributed by atoms with Gasteiger partial charge in [0.25, 0.3) is 17.4 Å². The normalized spacial score (nSPS) is 18.9. The van der Waals surface area contributed by atoms with Crippen LogP contribution in [0.5, 0.6) is 5.75 Å². The molecule has 0 aromatic heterocycles. The predicted molar refractivity (Wildman–Crippen MR) is 102 cm³/mol. The summed E-state index contributed by atoms with van der Waals surface area (Å²) in [6.07, 6.45) is 0.573. The van der Waals surface area contributed by atoms with Gasteiger partial charge in [-0.3, -0.25) is 9.59 Å². The summed E-state index contributed by atoms with van der Waals surface area (Å²) in [6.45, 7) is 4.21. The fourth-order valence-corrected chi connectivity index (χ4v) is 3.27. The van der Waals surface area contributed by atoms with Gasteiger partial charge in [-0.25, -0.2) is 0 Å². The number of halogens is 1. The molecule has 0 fully saturated rings. The number of carbonyl (C=O) groups is 2. The SMILES string of the molecule is CCN1C(=O)C(C)(C(=O)NCCc2ccccc2Cl)Oc2ccccc21. The highest BCUT2D eigenvalue weighted by molar-refractivity contribution is 6.31. The third-order valence-corrected chi connectivity index (χ3v) is 4.88. The van der Waals surface area contributed by atoms with E-state index in [9.17, 15) is 9.59 Å². The Morgan fingerprint density at radius 3 is 2.62 bits per heavy atom. The van der Waals surface area contributed by atoms with E-state index in [4.69, 9.17) is 16.3 Å². The molecule has 3 rings (SSSR count). The number of nitrogens with zero attached hydrogens (tertiary/aromatic N) is 1. The van der Waals surface area contributed by atoms with Crippen molar-refractivity contribution in [3.63, 3.8) is 0 Å². The number of hydrogen-bond acceptors (Lipinski definition) is 3. The molecule has 2 aromatic rings. The van der Waals surface area contributed by atoms with Crippen molar-refractivity contribution in [2.24, 2.45) is 0 Å². The Bertz CT molecular complexity index is 839. The second-order valence-corrected chi connectivity index (χ2v) is 6.66. The van der Waals surface area contributed by atoms with E-state index >= 15 is 0 Å². The molecule has 0 radical (unpaired) electrons. The number of rotatable bonds is 5. The molecule has 0 spiro atoms. The number of ether oxygens (including phenoxy) is 1. The van der Waals surface area contributed by atoms with E-state index in [0.29, 0.717) is 36.0 Å². The number of para-hydroxylation sites is 2. The summed E-state index contributed by atoms with van der Waals surface area (Å²) < 4.78 is 5.82. The van der Waals surface area contributed by atoms with Gasteiger partial charge in [-0.15, -0.1) is 0 Å². The fraction of sp³-hybridized carbons (Fsp3) is 0.300. The van der Waals surface area contributed by atoms with Gasteiger partial charge in [-0.2, -0.15) is 0 Å². The van der Waals surface area contributed by atoms with Gasteiger partial charge in [-0.05, 0) is 44.0 Å². The van der Waals surface area contributed by atoms with Gasteiger partial charge in [-0.1, -0.05) is 41.9 Å². The van der Waals surface area contributed by atoms with Crippen LogP contribution in [0.3, 0.4) is 0 Å². The Hall–Kier alpha value is -2.53. The first-order valence-corrected chi connectivity index (χ1v) is 8.97. The predicted octanol–water partition coefficient (Wildman–Crippen LogP) is 3.20. The number of amides is 2. The first kappa shape index (κ1) is 18.3. The largest absolute Gasteiger partial charge is 0.466 e. The zero-order valence-electron chi connectivity index (χ0n) is 14.8. The van der Waals surface area contributed by atoms with E-state index in [1.807, 2.05) is 49.4 Å². The van der Waals surface area contributed by atoms with Crippen molar-refractivity contribution < 1.29 is 14.3 Å². The number of benzene rings is 2. The minimum atomic E-state index is -1.59. The van der Waals surface area contributed by atoms with Crippen molar-refractivity contribution in [3.05, 3.63) is 59.1 Å². The summed E-state index contributed by atoms with van der Waals surface area (Å²) in [4.78, 5) is 27.2. The van der Waals surface area contributed by atoms with E-state index < -0.39 is 11.5 Å². The van der Waals surface area contributed by atoms with Gasteiger partial charge in [0.2, 0.25) is 0 Å². The molecule has 2 aromatic carbocycles. The van der Waals surface area contributed by atoms with Crippen molar-refractivity contribution in [1.82, 2.24) is 5.32 Å². The Labute approximate surface area is 157 Å². The lowest BCUT2D eigenvalue weighted by Gasteiger charge is -2.39. The number of anilines is 1. The molecular formula is C20H21ClN2O3. The first-order valence-electron chi connectivity index (χ1n) is 8.59. The molecule has 1 aliphatic heterocycles. The van der Waals surface area contributed by atoms with Crippen molar-refractivity contribution in [1.29, 1.82) is 0 Å². The van der Waals surface area contributed by atoms with Crippen LogP contribution in [-0.4, -0.2) is 30.5 Å². The number of likely N-dealkylation sites (N-methyl/N-ethyl adjacent to an activating group) is 1. The standard InChI is InChI=1S/C20H21ClN2O3/c1-3-23-16-10-6-7-11-17(16)26-20(2,19(23)25)18(24)22-13-12-14-8-4-5-9-15(14)21/h4-11H,3,12-13H2,1-2H3,(H,22,24). The van der Waals surface area contributed by atoms with Crippen LogP contribution in [-0.2, 0) is 16.0 Å². The maximum Gasteiger partial charge on any atom is 0.280 e. The van der Waals surface area contributed by atoms with Gasteiger partial charge >= 0.3 is 0 Å². The highest BCUT2D eigenvalue weighted by atomic mass is 35.5. The molecule has 1 N–H and O–H groups in total. The summed E-state index contributed by atoms with van der Waals surface area (Å²) in [6, 6.07) is 14.7. The summed E-state index contributed by atoms with van der Waals surface area (Å²) in [5.74, 6) is -0.297. The highest BCUT2D eigenvalue weighted by Crippen LogP contribution is 2.37. The molecule has 1 heterocycles. The summed E-state index contributed by atoms with van der Waals surface area (Å²) in [7, 11) is 0. The summed E-state index contributed by atoms with van der Waals surface area (Å²) in [5.41, 5.74) is 0.0302. The molecule has 0 bridgehead atoms. The Balaban J connectivity index is 1.74. The van der Waals surface area contributed by atoms with Gasteiger partial charge in [0.1, 0.15) is 5.75 Å². The van der Waals surface area contributed by atoms with Gasteiger partial charge in [0.15, 0.2) is 0 Å². The fourth-order valence-electron chi connectivity index (χ4n) is 3.03. The van der Waals surface area contributed by atoms with E-state index in [-0.39, 0.29) is 5.91 Å². The molecule has 1 aliphatic rings. The second kappa shape index (κ2) is 7.38. The summed E-state index contributed by atoms with van der Waals surface area (Å²) >= 11 is 6.13. The average Bonchev–Trinajstić information content (AvgIpc) is 2.64. The Morgan fingerprint density at radius 2 is 1.88 bits per heavy atom. The molecule has 6 heteroatoms. The zero-order chi connectivity index (χ0) is 18.7. The van der Waals surface area contributed by atoms with Gasteiger partial charge in [0.05, 0.1) is 5.69 Å². The van der Waals surface area contributed by atoms with Crippen LogP contribution in [0, 0.1) is 0 Å². The van der Waals surface area contributed by atoms with E-state index in [1.54, 1.807) is 11.0 Å². The molecule has 0 saturated heterocycles. The van der Waals surface area contributed by atoms with Crippen molar-refractivity contribution in [2.45, 2.75) is 25.9 Å².